The third-order valence-electron chi connectivity index (χ3n) is 8.13. The molecule has 2 aromatic heterocycles. The van der Waals surface area contributed by atoms with E-state index in [9.17, 15) is 0 Å². The molecular weight excluding hydrogens is 578 g/mol. The zero-order chi connectivity index (χ0) is 31.6. The maximum atomic E-state index is 6.01. The third kappa shape index (κ3) is 5.64. The summed E-state index contributed by atoms with van der Waals surface area (Å²) in [5.74, 6) is 0.976. The summed E-state index contributed by atoms with van der Waals surface area (Å²) < 4.78 is 6.01. The normalized spacial score (nSPS) is 11.1. The van der Waals surface area contributed by atoms with Crippen LogP contribution >= 0.6 is 0 Å². The zero-order valence-electron chi connectivity index (χ0n) is 25.7. The average Bonchev–Trinajstić information content (AvgIpc) is 3.64. The van der Waals surface area contributed by atoms with E-state index in [0.717, 1.165) is 61.7 Å². The maximum absolute atomic E-state index is 6.01. The van der Waals surface area contributed by atoms with Gasteiger partial charge in [0.2, 0.25) is 11.8 Å². The summed E-state index contributed by atoms with van der Waals surface area (Å²) in [5.41, 5.74) is 11.5. The van der Waals surface area contributed by atoms with Gasteiger partial charge < -0.3 is 9.32 Å². The van der Waals surface area contributed by atoms with Gasteiger partial charge in [0.1, 0.15) is 0 Å². The second-order valence-electron chi connectivity index (χ2n) is 11.3. The molecule has 6 nitrogen and oxygen atoms in total. The summed E-state index contributed by atoms with van der Waals surface area (Å²) in [4.78, 5) is 12.4. The molecule has 8 rings (SSSR count). The number of para-hydroxylation sites is 3. The molecule has 0 spiro atoms. The minimum Gasteiger partial charge on any atom is -0.416 e. The van der Waals surface area contributed by atoms with Gasteiger partial charge in [0, 0.05) is 39.3 Å². The van der Waals surface area contributed by atoms with Crippen molar-refractivity contribution in [1.82, 2.24) is 20.2 Å². The van der Waals surface area contributed by atoms with E-state index >= 15 is 0 Å². The maximum Gasteiger partial charge on any atom is 0.248 e. The van der Waals surface area contributed by atoms with Gasteiger partial charge in [0.25, 0.3) is 0 Å². The summed E-state index contributed by atoms with van der Waals surface area (Å²) in [6, 6.07) is 53.3. The molecule has 0 atom stereocenters. The molecule has 0 fully saturated rings. The molecule has 47 heavy (non-hydrogen) atoms. The zero-order valence-corrected chi connectivity index (χ0v) is 25.7. The summed E-state index contributed by atoms with van der Waals surface area (Å²) in [5, 5.41) is 8.56. The van der Waals surface area contributed by atoms with Gasteiger partial charge in [-0.25, -0.2) is 9.97 Å². The Kier molecular flexibility index (Phi) is 7.28. The van der Waals surface area contributed by atoms with Gasteiger partial charge >= 0.3 is 0 Å². The highest BCUT2D eigenvalue weighted by Gasteiger charge is 2.17. The summed E-state index contributed by atoms with van der Waals surface area (Å²) in [7, 11) is 0. The summed E-state index contributed by atoms with van der Waals surface area (Å²) in [6.07, 6.45) is 0. The van der Waals surface area contributed by atoms with Crippen molar-refractivity contribution in [1.29, 1.82) is 0 Å². The van der Waals surface area contributed by atoms with Crippen LogP contribution in [0.1, 0.15) is 5.56 Å². The van der Waals surface area contributed by atoms with E-state index in [4.69, 9.17) is 14.4 Å². The standard InChI is InChI=1S/C41H29N5O/c1-28-16-18-29(19-17-28)38-39(43-37-15-9-8-14-36(37)42-38)30-20-24-34(25-21-30)46(33-12-6-3-7-13-33)35-26-22-32(23-27-35)41-45-44-40(47-41)31-10-4-2-5-11-31/h2-27H,1H3. The van der Waals surface area contributed by atoms with Crippen LogP contribution in [0.15, 0.2) is 162 Å². The molecule has 2 heterocycles. The van der Waals surface area contributed by atoms with Gasteiger partial charge in [-0.2, -0.15) is 0 Å². The van der Waals surface area contributed by atoms with Gasteiger partial charge in [0.05, 0.1) is 22.4 Å². The summed E-state index contributed by atoms with van der Waals surface area (Å²) in [6.45, 7) is 2.09. The van der Waals surface area contributed by atoms with Gasteiger partial charge in [-0.05, 0) is 79.7 Å². The van der Waals surface area contributed by atoms with E-state index < -0.39 is 0 Å². The van der Waals surface area contributed by atoms with Crippen LogP contribution in [0, 0.1) is 6.92 Å². The number of hydrogen-bond acceptors (Lipinski definition) is 6. The van der Waals surface area contributed by atoms with E-state index in [1.807, 2.05) is 84.9 Å². The topological polar surface area (TPSA) is 67.9 Å². The fraction of sp³-hybridized carbons (Fsp3) is 0.0244. The second-order valence-corrected chi connectivity index (χ2v) is 11.3. The number of aromatic nitrogens is 4. The SMILES string of the molecule is Cc1ccc(-c2nc3ccccc3nc2-c2ccc(N(c3ccccc3)c3ccc(-c4nnc(-c5ccccc5)o4)cc3)cc2)cc1. The van der Waals surface area contributed by atoms with Crippen LogP contribution in [-0.2, 0) is 0 Å². The Morgan fingerprint density at radius 2 is 0.809 bits per heavy atom. The van der Waals surface area contributed by atoms with Gasteiger partial charge in [-0.15, -0.1) is 10.2 Å². The van der Waals surface area contributed by atoms with Crippen molar-refractivity contribution in [3.8, 4) is 45.4 Å². The number of nitrogens with zero attached hydrogens (tertiary/aromatic N) is 5. The lowest BCUT2D eigenvalue weighted by atomic mass is 10.0. The molecule has 6 heteroatoms. The van der Waals surface area contributed by atoms with Crippen molar-refractivity contribution in [3.63, 3.8) is 0 Å². The minimum atomic E-state index is 0.479. The molecule has 6 aromatic carbocycles. The molecule has 0 aliphatic carbocycles. The Bertz CT molecular complexity index is 2280. The third-order valence-corrected chi connectivity index (χ3v) is 8.13. The average molecular weight is 608 g/mol. The fourth-order valence-electron chi connectivity index (χ4n) is 5.70. The number of benzene rings is 6. The molecule has 224 valence electrons. The predicted molar refractivity (Wildman–Crippen MR) is 189 cm³/mol. The van der Waals surface area contributed by atoms with Crippen LogP contribution in [-0.4, -0.2) is 20.2 Å². The summed E-state index contributed by atoms with van der Waals surface area (Å²) >= 11 is 0. The number of fused-ring (bicyclic) bond motifs is 1. The molecular formula is C41H29N5O. The highest BCUT2D eigenvalue weighted by molar-refractivity contribution is 5.87. The van der Waals surface area contributed by atoms with E-state index in [-0.39, 0.29) is 0 Å². The lowest BCUT2D eigenvalue weighted by Crippen LogP contribution is -2.09. The van der Waals surface area contributed by atoms with Crippen molar-refractivity contribution in [3.05, 3.63) is 163 Å². The Balaban J connectivity index is 1.16. The number of rotatable bonds is 7. The molecule has 8 aromatic rings. The van der Waals surface area contributed by atoms with Gasteiger partial charge in [-0.1, -0.05) is 90.5 Å². The van der Waals surface area contributed by atoms with Crippen molar-refractivity contribution in [2.24, 2.45) is 0 Å². The Labute approximate surface area is 272 Å². The number of aryl methyl sites for hydroxylation is 1. The molecule has 0 aliphatic rings. The molecule has 0 amide bonds. The Morgan fingerprint density at radius 3 is 1.34 bits per heavy atom. The van der Waals surface area contributed by atoms with Gasteiger partial charge in [0.15, 0.2) is 0 Å². The molecule has 0 saturated carbocycles. The van der Waals surface area contributed by atoms with Crippen LogP contribution in [0.25, 0.3) is 56.5 Å². The highest BCUT2D eigenvalue weighted by Crippen LogP contribution is 2.38. The van der Waals surface area contributed by atoms with E-state index in [1.54, 1.807) is 0 Å². The first-order valence-electron chi connectivity index (χ1n) is 15.5. The molecule has 0 bridgehead atoms. The predicted octanol–water partition coefficient (Wildman–Crippen LogP) is 10.5. The second kappa shape index (κ2) is 12.2. The van der Waals surface area contributed by atoms with Gasteiger partial charge in [-0.3, -0.25) is 0 Å². The largest absolute Gasteiger partial charge is 0.416 e. The lowest BCUT2D eigenvalue weighted by Gasteiger charge is -2.25. The lowest BCUT2D eigenvalue weighted by molar-refractivity contribution is 0.584. The number of anilines is 3. The molecule has 0 unspecified atom stereocenters. The van der Waals surface area contributed by atoms with Crippen LogP contribution in [0.5, 0.6) is 0 Å². The van der Waals surface area contributed by atoms with Crippen LogP contribution in [0.3, 0.4) is 0 Å². The fourth-order valence-corrected chi connectivity index (χ4v) is 5.70. The van der Waals surface area contributed by atoms with E-state index in [0.29, 0.717) is 11.8 Å². The Hall–Kier alpha value is -6.40. The van der Waals surface area contributed by atoms with E-state index in [1.165, 1.54) is 5.56 Å². The first-order chi connectivity index (χ1) is 23.2. The monoisotopic (exact) mass is 607 g/mol. The quantitative estimate of drug-likeness (QED) is 0.180. The van der Waals surface area contributed by atoms with Crippen molar-refractivity contribution < 1.29 is 4.42 Å². The van der Waals surface area contributed by atoms with Crippen molar-refractivity contribution in [2.75, 3.05) is 4.90 Å². The molecule has 0 aliphatic heterocycles. The molecule has 0 saturated heterocycles. The van der Waals surface area contributed by atoms with Crippen LogP contribution in [0.2, 0.25) is 0 Å². The van der Waals surface area contributed by atoms with Crippen molar-refractivity contribution in [2.45, 2.75) is 6.92 Å². The smallest absolute Gasteiger partial charge is 0.248 e. The first-order valence-corrected chi connectivity index (χ1v) is 15.5. The Morgan fingerprint density at radius 1 is 0.404 bits per heavy atom. The van der Waals surface area contributed by atoms with Crippen LogP contribution < -0.4 is 4.90 Å². The molecule has 0 radical (unpaired) electrons. The van der Waals surface area contributed by atoms with E-state index in [2.05, 4.69) is 94.8 Å². The highest BCUT2D eigenvalue weighted by atomic mass is 16.4. The van der Waals surface area contributed by atoms with Crippen LogP contribution in [0.4, 0.5) is 17.1 Å². The minimum absolute atomic E-state index is 0.479. The number of hydrogen-bond donors (Lipinski definition) is 0. The van der Waals surface area contributed by atoms with Crippen molar-refractivity contribution >= 4 is 28.1 Å². The first kappa shape index (κ1) is 28.1. The molecule has 0 N–H and O–H groups in total.